The van der Waals surface area contributed by atoms with Crippen molar-refractivity contribution in [2.75, 3.05) is 0 Å². The number of carboxylic acids is 1. The molecule has 2 aromatic rings. The normalized spacial score (nSPS) is 24.0. The first-order chi connectivity index (χ1) is 13.5. The standard InChI is InChI=1S/C20H20FN3O4/c21-13-6-2-4-8-16(13)24-18(25)10-9-14(22-24)19(26)23-15-7-3-1-5-12(15)11-17(23)20(27)28/h2,4,6,8-10,12,15,17H,1,3,5,7,11H2,(H,27,28). The number of hydrogen-bond acceptors (Lipinski definition) is 4. The second-order valence-corrected chi connectivity index (χ2v) is 7.33. The van der Waals surface area contributed by atoms with Gasteiger partial charge in [-0.3, -0.25) is 9.59 Å². The van der Waals surface area contributed by atoms with Crippen LogP contribution in [0.1, 0.15) is 42.6 Å². The number of benzene rings is 1. The van der Waals surface area contributed by atoms with Crippen molar-refractivity contribution in [2.45, 2.75) is 44.2 Å². The van der Waals surface area contributed by atoms with E-state index in [9.17, 15) is 23.9 Å². The van der Waals surface area contributed by atoms with Crippen molar-refractivity contribution in [1.82, 2.24) is 14.7 Å². The summed E-state index contributed by atoms with van der Waals surface area (Å²) in [5, 5.41) is 13.7. The molecule has 2 aliphatic rings. The van der Waals surface area contributed by atoms with Crippen LogP contribution in [0.2, 0.25) is 0 Å². The molecule has 1 aliphatic carbocycles. The molecule has 0 bridgehead atoms. The lowest BCUT2D eigenvalue weighted by atomic mass is 9.84. The molecule has 1 aromatic carbocycles. The highest BCUT2D eigenvalue weighted by molar-refractivity contribution is 5.95. The fourth-order valence-corrected chi connectivity index (χ4v) is 4.43. The number of carbonyl (C=O) groups is 2. The van der Waals surface area contributed by atoms with Gasteiger partial charge < -0.3 is 10.0 Å². The molecule has 4 rings (SSSR count). The van der Waals surface area contributed by atoms with Gasteiger partial charge in [0.05, 0.1) is 0 Å². The summed E-state index contributed by atoms with van der Waals surface area (Å²) in [7, 11) is 0. The molecule has 1 aromatic heterocycles. The summed E-state index contributed by atoms with van der Waals surface area (Å²) in [4.78, 5) is 38.5. The number of aliphatic carboxylic acids is 1. The fraction of sp³-hybridized carbons (Fsp3) is 0.400. The van der Waals surface area contributed by atoms with Gasteiger partial charge in [0.15, 0.2) is 0 Å². The number of carbonyl (C=O) groups excluding carboxylic acids is 1. The van der Waals surface area contributed by atoms with Crippen LogP contribution in [0.5, 0.6) is 0 Å². The predicted molar refractivity (Wildman–Crippen MR) is 97.7 cm³/mol. The van der Waals surface area contributed by atoms with Gasteiger partial charge in [-0.15, -0.1) is 0 Å². The molecular formula is C20H20FN3O4. The molecule has 7 nitrogen and oxygen atoms in total. The smallest absolute Gasteiger partial charge is 0.326 e. The Morgan fingerprint density at radius 3 is 2.61 bits per heavy atom. The van der Waals surface area contributed by atoms with Crippen LogP contribution in [0.25, 0.3) is 5.69 Å². The number of rotatable bonds is 3. The van der Waals surface area contributed by atoms with E-state index in [1.165, 1.54) is 29.2 Å². The summed E-state index contributed by atoms with van der Waals surface area (Å²) in [6.45, 7) is 0. The lowest BCUT2D eigenvalue weighted by molar-refractivity contribution is -0.141. The number of amides is 1. The summed E-state index contributed by atoms with van der Waals surface area (Å²) in [5.74, 6) is -2.05. The molecule has 1 saturated carbocycles. The zero-order chi connectivity index (χ0) is 19.8. The maximum Gasteiger partial charge on any atom is 0.326 e. The number of carboxylic acid groups (broad SMARTS) is 1. The van der Waals surface area contributed by atoms with E-state index in [2.05, 4.69) is 5.10 Å². The van der Waals surface area contributed by atoms with Gasteiger partial charge in [0.2, 0.25) is 0 Å². The highest BCUT2D eigenvalue weighted by Gasteiger charge is 2.48. The van der Waals surface area contributed by atoms with Gasteiger partial charge in [0.25, 0.3) is 11.5 Å². The molecule has 2 heterocycles. The molecule has 1 aliphatic heterocycles. The van der Waals surface area contributed by atoms with Crippen molar-refractivity contribution >= 4 is 11.9 Å². The number of nitrogens with zero attached hydrogens (tertiary/aromatic N) is 3. The molecule has 2 fully saturated rings. The van der Waals surface area contributed by atoms with Crippen LogP contribution in [0, 0.1) is 11.7 Å². The van der Waals surface area contributed by atoms with Crippen molar-refractivity contribution in [2.24, 2.45) is 5.92 Å². The third-order valence-corrected chi connectivity index (χ3v) is 5.71. The van der Waals surface area contributed by atoms with Crippen molar-refractivity contribution < 1.29 is 19.1 Å². The van der Waals surface area contributed by atoms with Crippen LogP contribution >= 0.6 is 0 Å². The predicted octanol–water partition coefficient (Wildman–Crippen LogP) is 2.23. The SMILES string of the molecule is O=C(O)C1CC2CCCCC2N1C(=O)c1ccc(=O)n(-c2ccccc2F)n1. The zero-order valence-electron chi connectivity index (χ0n) is 15.1. The van der Waals surface area contributed by atoms with Crippen LogP contribution < -0.4 is 5.56 Å². The first kappa shape index (κ1) is 18.3. The largest absolute Gasteiger partial charge is 0.480 e. The Hall–Kier alpha value is -3.03. The molecule has 1 amide bonds. The van der Waals surface area contributed by atoms with Crippen LogP contribution in [0.3, 0.4) is 0 Å². The zero-order valence-corrected chi connectivity index (χ0v) is 15.1. The Morgan fingerprint density at radius 1 is 1.11 bits per heavy atom. The van der Waals surface area contributed by atoms with E-state index in [-0.39, 0.29) is 23.3 Å². The summed E-state index contributed by atoms with van der Waals surface area (Å²) in [5.41, 5.74) is -0.706. The summed E-state index contributed by atoms with van der Waals surface area (Å²) >= 11 is 0. The van der Waals surface area contributed by atoms with Gasteiger partial charge in [-0.05, 0) is 43.4 Å². The van der Waals surface area contributed by atoms with E-state index in [4.69, 9.17) is 0 Å². The first-order valence-corrected chi connectivity index (χ1v) is 9.38. The van der Waals surface area contributed by atoms with Gasteiger partial charge in [-0.2, -0.15) is 9.78 Å². The van der Waals surface area contributed by atoms with Crippen LogP contribution in [0.4, 0.5) is 4.39 Å². The third kappa shape index (κ3) is 3.08. The van der Waals surface area contributed by atoms with E-state index in [1.807, 2.05) is 0 Å². The number of fused-ring (bicyclic) bond motifs is 1. The lowest BCUT2D eigenvalue weighted by Gasteiger charge is -2.32. The molecule has 8 heteroatoms. The highest BCUT2D eigenvalue weighted by atomic mass is 19.1. The van der Waals surface area contributed by atoms with Crippen LogP contribution in [-0.2, 0) is 4.79 Å². The minimum Gasteiger partial charge on any atom is -0.480 e. The Kier molecular flexibility index (Phi) is 4.70. The summed E-state index contributed by atoms with van der Waals surface area (Å²) < 4.78 is 14.9. The molecule has 3 atom stereocenters. The number of aromatic nitrogens is 2. The molecular weight excluding hydrogens is 365 g/mol. The third-order valence-electron chi connectivity index (χ3n) is 5.71. The monoisotopic (exact) mass is 385 g/mol. The summed E-state index contributed by atoms with van der Waals surface area (Å²) in [6.07, 6.45) is 4.07. The van der Waals surface area contributed by atoms with Gasteiger partial charge in [0, 0.05) is 12.1 Å². The van der Waals surface area contributed by atoms with E-state index in [0.717, 1.165) is 36.4 Å². The number of hydrogen-bond donors (Lipinski definition) is 1. The fourth-order valence-electron chi connectivity index (χ4n) is 4.43. The second kappa shape index (κ2) is 7.18. The van der Waals surface area contributed by atoms with Crippen molar-refractivity contribution in [3.05, 3.63) is 58.3 Å². The quantitative estimate of drug-likeness (QED) is 0.875. The van der Waals surface area contributed by atoms with E-state index in [1.54, 1.807) is 6.07 Å². The molecule has 28 heavy (non-hydrogen) atoms. The van der Waals surface area contributed by atoms with Crippen LogP contribution in [0.15, 0.2) is 41.2 Å². The Labute approximate surface area is 160 Å². The topological polar surface area (TPSA) is 92.5 Å². The minimum absolute atomic E-state index is 0.0612. The Morgan fingerprint density at radius 2 is 1.86 bits per heavy atom. The molecule has 146 valence electrons. The number of para-hydroxylation sites is 1. The van der Waals surface area contributed by atoms with Crippen LogP contribution in [-0.4, -0.2) is 43.7 Å². The Bertz CT molecular complexity index is 989. The lowest BCUT2D eigenvalue weighted by Crippen LogP contribution is -2.46. The number of likely N-dealkylation sites (tertiary alicyclic amines) is 1. The summed E-state index contributed by atoms with van der Waals surface area (Å²) in [6, 6.07) is 7.03. The van der Waals surface area contributed by atoms with E-state index >= 15 is 0 Å². The average molecular weight is 385 g/mol. The molecule has 1 N–H and O–H groups in total. The molecule has 3 unspecified atom stereocenters. The molecule has 0 spiro atoms. The van der Waals surface area contributed by atoms with Gasteiger partial charge >= 0.3 is 5.97 Å². The Balaban J connectivity index is 1.73. The van der Waals surface area contributed by atoms with Gasteiger partial charge in [-0.1, -0.05) is 25.0 Å². The first-order valence-electron chi connectivity index (χ1n) is 9.38. The highest BCUT2D eigenvalue weighted by Crippen LogP contribution is 2.40. The molecule has 0 radical (unpaired) electrons. The maximum absolute atomic E-state index is 14.1. The van der Waals surface area contributed by atoms with Gasteiger partial charge in [-0.25, -0.2) is 9.18 Å². The van der Waals surface area contributed by atoms with Gasteiger partial charge in [0.1, 0.15) is 23.2 Å². The second-order valence-electron chi connectivity index (χ2n) is 7.33. The van der Waals surface area contributed by atoms with E-state index in [0.29, 0.717) is 6.42 Å². The average Bonchev–Trinajstić information content (AvgIpc) is 3.08. The van der Waals surface area contributed by atoms with Crippen molar-refractivity contribution in [3.8, 4) is 5.69 Å². The van der Waals surface area contributed by atoms with Crippen molar-refractivity contribution in [1.29, 1.82) is 0 Å². The minimum atomic E-state index is -1.04. The van der Waals surface area contributed by atoms with Crippen molar-refractivity contribution in [3.63, 3.8) is 0 Å². The number of halogens is 1. The van der Waals surface area contributed by atoms with E-state index < -0.39 is 29.3 Å². The molecule has 1 saturated heterocycles. The maximum atomic E-state index is 14.1.